The molecule has 0 spiro atoms. The average molecular weight is 292 g/mol. The van der Waals surface area contributed by atoms with E-state index in [0.717, 1.165) is 28.6 Å². The molecule has 0 aliphatic heterocycles. The minimum absolute atomic E-state index is 0.409. The van der Waals surface area contributed by atoms with Gasteiger partial charge in [-0.25, -0.2) is 0 Å². The summed E-state index contributed by atoms with van der Waals surface area (Å²) >= 11 is 5.22. The molecule has 1 aromatic rings. The lowest BCUT2D eigenvalue weighted by molar-refractivity contribution is 0.339. The topological polar surface area (TPSA) is 55.0 Å². The minimum atomic E-state index is 0.409. The lowest BCUT2D eigenvalue weighted by atomic mass is 9.86. The third-order valence-electron chi connectivity index (χ3n) is 4.55. The van der Waals surface area contributed by atoms with E-state index in [1.807, 2.05) is 13.8 Å². The largest absolute Gasteiger partial charge is 0.389 e. The standard InChI is InChI=1S/C15H24N4S/c1-9-5-7-12(8-6-9)19(4)15-13(14(16)20)10(2)11(3)17-18-15/h9,12H,5-8H2,1-4H3,(H2,16,20). The first-order chi connectivity index (χ1) is 9.41. The van der Waals surface area contributed by atoms with E-state index in [2.05, 4.69) is 29.1 Å². The van der Waals surface area contributed by atoms with E-state index in [1.165, 1.54) is 25.7 Å². The van der Waals surface area contributed by atoms with Gasteiger partial charge in [0.2, 0.25) is 0 Å². The van der Waals surface area contributed by atoms with Crippen molar-refractivity contribution in [3.8, 4) is 0 Å². The normalized spacial score (nSPS) is 22.6. The van der Waals surface area contributed by atoms with E-state index < -0.39 is 0 Å². The molecule has 2 rings (SSSR count). The first-order valence-electron chi connectivity index (χ1n) is 7.28. The molecule has 0 aromatic carbocycles. The summed E-state index contributed by atoms with van der Waals surface area (Å²) < 4.78 is 0. The third kappa shape index (κ3) is 2.92. The predicted octanol–water partition coefficient (Wildman–Crippen LogP) is 2.74. The molecule has 20 heavy (non-hydrogen) atoms. The van der Waals surface area contributed by atoms with Gasteiger partial charge in [0.15, 0.2) is 5.82 Å². The summed E-state index contributed by atoms with van der Waals surface area (Å²) in [5, 5.41) is 8.61. The van der Waals surface area contributed by atoms with Gasteiger partial charge in [0.05, 0.1) is 11.3 Å². The van der Waals surface area contributed by atoms with E-state index in [4.69, 9.17) is 18.0 Å². The van der Waals surface area contributed by atoms with Crippen LogP contribution in [0.25, 0.3) is 0 Å². The first-order valence-corrected chi connectivity index (χ1v) is 7.69. The summed E-state index contributed by atoms with van der Waals surface area (Å²) in [5.74, 6) is 1.67. The molecule has 0 bridgehead atoms. The number of hydrogen-bond acceptors (Lipinski definition) is 4. The Morgan fingerprint density at radius 1 is 1.20 bits per heavy atom. The van der Waals surface area contributed by atoms with Gasteiger partial charge in [0.1, 0.15) is 4.99 Å². The fraction of sp³-hybridized carbons (Fsp3) is 0.667. The highest BCUT2D eigenvalue weighted by molar-refractivity contribution is 7.80. The number of thiocarbonyl (C=S) groups is 1. The lowest BCUT2D eigenvalue weighted by Gasteiger charge is -2.35. The molecule has 1 fully saturated rings. The van der Waals surface area contributed by atoms with Crippen LogP contribution in [-0.4, -0.2) is 28.3 Å². The van der Waals surface area contributed by atoms with Crippen molar-refractivity contribution in [3.63, 3.8) is 0 Å². The SMILES string of the molecule is Cc1nnc(N(C)C2CCC(C)CC2)c(C(N)=S)c1C. The van der Waals surface area contributed by atoms with E-state index >= 15 is 0 Å². The highest BCUT2D eigenvalue weighted by atomic mass is 32.1. The summed E-state index contributed by atoms with van der Waals surface area (Å²) in [6.07, 6.45) is 4.94. The van der Waals surface area contributed by atoms with Crippen LogP contribution < -0.4 is 10.6 Å². The Labute approximate surface area is 126 Å². The van der Waals surface area contributed by atoms with Crippen molar-refractivity contribution >= 4 is 23.0 Å². The van der Waals surface area contributed by atoms with Crippen LogP contribution in [-0.2, 0) is 0 Å². The van der Waals surface area contributed by atoms with Crippen molar-refractivity contribution in [1.82, 2.24) is 10.2 Å². The smallest absolute Gasteiger partial charge is 0.161 e. The number of hydrogen-bond donors (Lipinski definition) is 1. The molecule has 2 N–H and O–H groups in total. The number of aryl methyl sites for hydroxylation is 1. The second-order valence-electron chi connectivity index (χ2n) is 6.00. The van der Waals surface area contributed by atoms with Crippen molar-refractivity contribution in [3.05, 3.63) is 16.8 Å². The van der Waals surface area contributed by atoms with Gasteiger partial charge in [0, 0.05) is 13.1 Å². The molecule has 0 amide bonds. The number of aromatic nitrogens is 2. The molecule has 0 atom stereocenters. The molecule has 1 saturated carbocycles. The van der Waals surface area contributed by atoms with Crippen LogP contribution in [0.3, 0.4) is 0 Å². The number of nitrogens with two attached hydrogens (primary N) is 1. The van der Waals surface area contributed by atoms with Crippen LogP contribution in [0.2, 0.25) is 0 Å². The summed E-state index contributed by atoms with van der Waals surface area (Å²) in [4.78, 5) is 2.63. The number of rotatable bonds is 3. The van der Waals surface area contributed by atoms with Crippen LogP contribution >= 0.6 is 12.2 Å². The van der Waals surface area contributed by atoms with Gasteiger partial charge in [-0.05, 0) is 51.0 Å². The summed E-state index contributed by atoms with van der Waals surface area (Å²) in [7, 11) is 2.08. The monoisotopic (exact) mass is 292 g/mol. The second-order valence-corrected chi connectivity index (χ2v) is 6.44. The fourth-order valence-corrected chi connectivity index (χ4v) is 3.18. The molecule has 110 valence electrons. The average Bonchev–Trinajstić information content (AvgIpc) is 2.41. The van der Waals surface area contributed by atoms with E-state index in [-0.39, 0.29) is 0 Å². The Balaban J connectivity index is 2.32. The van der Waals surface area contributed by atoms with Crippen molar-refractivity contribution < 1.29 is 0 Å². The minimum Gasteiger partial charge on any atom is -0.389 e. The molecular formula is C15H24N4S. The van der Waals surface area contributed by atoms with Crippen molar-refractivity contribution in [2.24, 2.45) is 11.7 Å². The quantitative estimate of drug-likeness (QED) is 0.868. The van der Waals surface area contributed by atoms with E-state index in [0.29, 0.717) is 11.0 Å². The van der Waals surface area contributed by atoms with Crippen LogP contribution in [0.1, 0.15) is 49.4 Å². The van der Waals surface area contributed by atoms with Gasteiger partial charge in [-0.1, -0.05) is 19.1 Å². The maximum Gasteiger partial charge on any atom is 0.161 e. The molecule has 1 heterocycles. The van der Waals surface area contributed by atoms with Gasteiger partial charge >= 0.3 is 0 Å². The Bertz CT molecular complexity index is 507. The van der Waals surface area contributed by atoms with Crippen molar-refractivity contribution in [2.45, 2.75) is 52.5 Å². The van der Waals surface area contributed by atoms with Gasteiger partial charge in [-0.2, -0.15) is 5.10 Å². The molecule has 1 aliphatic rings. The zero-order chi connectivity index (χ0) is 14.9. The number of anilines is 1. The first kappa shape index (κ1) is 15.2. The zero-order valence-corrected chi connectivity index (χ0v) is 13.6. The van der Waals surface area contributed by atoms with E-state index in [1.54, 1.807) is 0 Å². The molecule has 0 radical (unpaired) electrons. The third-order valence-corrected chi connectivity index (χ3v) is 4.75. The lowest BCUT2D eigenvalue weighted by Crippen LogP contribution is -2.37. The fourth-order valence-electron chi connectivity index (χ4n) is 2.94. The Morgan fingerprint density at radius 3 is 2.35 bits per heavy atom. The highest BCUT2D eigenvalue weighted by Gasteiger charge is 2.26. The maximum atomic E-state index is 5.91. The second kappa shape index (κ2) is 6.04. The van der Waals surface area contributed by atoms with E-state index in [9.17, 15) is 0 Å². The summed E-state index contributed by atoms with van der Waals surface area (Å²) in [6, 6.07) is 0.510. The van der Waals surface area contributed by atoms with Gasteiger partial charge in [-0.3, -0.25) is 0 Å². The maximum absolute atomic E-state index is 5.91. The van der Waals surface area contributed by atoms with Gasteiger partial charge in [0.25, 0.3) is 0 Å². The van der Waals surface area contributed by atoms with Crippen LogP contribution in [0, 0.1) is 19.8 Å². The van der Waals surface area contributed by atoms with Crippen LogP contribution in [0.15, 0.2) is 0 Å². The highest BCUT2D eigenvalue weighted by Crippen LogP contribution is 2.30. The van der Waals surface area contributed by atoms with Crippen LogP contribution in [0.4, 0.5) is 5.82 Å². The Kier molecular flexibility index (Phi) is 4.58. The summed E-state index contributed by atoms with van der Waals surface area (Å²) in [5.41, 5.74) is 8.72. The molecular weight excluding hydrogens is 268 g/mol. The van der Waals surface area contributed by atoms with Crippen molar-refractivity contribution in [2.75, 3.05) is 11.9 Å². The molecule has 4 nitrogen and oxygen atoms in total. The zero-order valence-electron chi connectivity index (χ0n) is 12.8. The Hall–Kier alpha value is -1.23. The van der Waals surface area contributed by atoms with Crippen LogP contribution in [0.5, 0.6) is 0 Å². The van der Waals surface area contributed by atoms with Gasteiger partial charge < -0.3 is 10.6 Å². The Morgan fingerprint density at radius 2 is 1.80 bits per heavy atom. The van der Waals surface area contributed by atoms with Crippen molar-refractivity contribution in [1.29, 1.82) is 0 Å². The van der Waals surface area contributed by atoms with Gasteiger partial charge in [-0.15, -0.1) is 5.10 Å². The number of nitrogens with zero attached hydrogens (tertiary/aromatic N) is 3. The molecule has 0 unspecified atom stereocenters. The molecule has 1 aromatic heterocycles. The molecule has 1 aliphatic carbocycles. The summed E-state index contributed by atoms with van der Waals surface area (Å²) in [6.45, 7) is 6.28. The predicted molar refractivity (Wildman–Crippen MR) is 87.2 cm³/mol. The molecule has 0 saturated heterocycles. The molecule has 5 heteroatoms.